The summed E-state index contributed by atoms with van der Waals surface area (Å²) in [6.45, 7) is 11.1. The molecular weight excluding hydrogens is 356 g/mol. The fraction of sp³-hybridized carbons (Fsp3) is 0.636. The first-order valence-electron chi connectivity index (χ1n) is 10.1. The van der Waals surface area contributed by atoms with E-state index in [2.05, 4.69) is 38.3 Å². The van der Waals surface area contributed by atoms with E-state index in [1.807, 2.05) is 19.1 Å². The molecule has 1 aliphatic carbocycles. The van der Waals surface area contributed by atoms with Gasteiger partial charge < -0.3 is 10.1 Å². The Bertz CT molecular complexity index is 629. The fourth-order valence-corrected chi connectivity index (χ4v) is 3.76. The highest BCUT2D eigenvalue weighted by Crippen LogP contribution is 2.37. The van der Waals surface area contributed by atoms with Crippen molar-refractivity contribution in [3.8, 4) is 5.75 Å². The van der Waals surface area contributed by atoms with E-state index in [1.165, 1.54) is 12.8 Å². The van der Waals surface area contributed by atoms with Crippen LogP contribution in [-0.4, -0.2) is 23.2 Å². The highest BCUT2D eigenvalue weighted by molar-refractivity contribution is 7.80. The molecule has 0 saturated heterocycles. The number of nitrogens with one attached hydrogen (secondary N) is 2. The van der Waals surface area contributed by atoms with Gasteiger partial charge in [-0.25, -0.2) is 0 Å². The lowest BCUT2D eigenvalue weighted by Gasteiger charge is -2.37. The lowest BCUT2D eigenvalue weighted by Crippen LogP contribution is -2.46. The van der Waals surface area contributed by atoms with Gasteiger partial charge in [-0.15, -0.1) is 0 Å². The van der Waals surface area contributed by atoms with E-state index in [1.54, 1.807) is 12.1 Å². The molecule has 0 radical (unpaired) electrons. The third kappa shape index (κ3) is 6.80. The zero-order valence-electron chi connectivity index (χ0n) is 17.3. The van der Waals surface area contributed by atoms with Crippen LogP contribution in [0.2, 0.25) is 0 Å². The number of ether oxygens (including phenoxy) is 1. The van der Waals surface area contributed by atoms with Gasteiger partial charge in [0.05, 0.1) is 6.10 Å². The Balaban J connectivity index is 1.79. The zero-order valence-corrected chi connectivity index (χ0v) is 18.1. The van der Waals surface area contributed by atoms with Gasteiger partial charge in [0.15, 0.2) is 5.11 Å². The Morgan fingerprint density at radius 2 is 1.78 bits per heavy atom. The smallest absolute Gasteiger partial charge is 0.257 e. The van der Waals surface area contributed by atoms with E-state index >= 15 is 0 Å². The molecule has 1 aromatic carbocycles. The normalized spacial score (nSPS) is 21.2. The Labute approximate surface area is 169 Å². The van der Waals surface area contributed by atoms with Gasteiger partial charge in [-0.2, -0.15) is 0 Å². The summed E-state index contributed by atoms with van der Waals surface area (Å²) >= 11 is 5.34. The number of benzene rings is 1. The van der Waals surface area contributed by atoms with Crippen LogP contribution in [0.1, 0.15) is 77.1 Å². The summed E-state index contributed by atoms with van der Waals surface area (Å²) in [4.78, 5) is 12.4. The van der Waals surface area contributed by atoms with Crippen LogP contribution >= 0.6 is 12.2 Å². The molecule has 0 heterocycles. The molecule has 150 valence electrons. The van der Waals surface area contributed by atoms with Crippen molar-refractivity contribution < 1.29 is 9.53 Å². The maximum atomic E-state index is 12.4. The molecule has 1 aromatic rings. The van der Waals surface area contributed by atoms with Crippen molar-refractivity contribution in [2.75, 3.05) is 0 Å². The predicted octanol–water partition coefficient (Wildman–Crippen LogP) is 5.07. The molecule has 2 rings (SSSR count). The molecule has 1 amide bonds. The average molecular weight is 391 g/mol. The molecule has 27 heavy (non-hydrogen) atoms. The van der Waals surface area contributed by atoms with Crippen molar-refractivity contribution in [1.29, 1.82) is 0 Å². The molecule has 1 saturated carbocycles. The standard InChI is InChI=1S/C22H34N2O2S/c1-6-15(2)26-19-13-7-16(8-14-19)20(25)24-21(27)23-18-11-9-17(10-12-18)22(3,4)5/h7-8,13-15,17-18H,6,9-12H2,1-5H3,(H2,23,24,25,27). The molecule has 0 aromatic heterocycles. The first-order valence-corrected chi connectivity index (χ1v) is 10.5. The highest BCUT2D eigenvalue weighted by Gasteiger charge is 2.29. The van der Waals surface area contributed by atoms with Gasteiger partial charge in [0.1, 0.15) is 5.75 Å². The summed E-state index contributed by atoms with van der Waals surface area (Å²) in [6, 6.07) is 7.54. The molecule has 0 spiro atoms. The highest BCUT2D eigenvalue weighted by atomic mass is 32.1. The summed E-state index contributed by atoms with van der Waals surface area (Å²) in [5.41, 5.74) is 0.942. The molecule has 1 aliphatic rings. The summed E-state index contributed by atoms with van der Waals surface area (Å²) < 4.78 is 5.74. The molecule has 2 N–H and O–H groups in total. The van der Waals surface area contributed by atoms with E-state index < -0.39 is 0 Å². The SMILES string of the molecule is CCC(C)Oc1ccc(C(=O)NC(=S)NC2CCC(C(C)(C)C)CC2)cc1. The molecule has 4 nitrogen and oxygen atoms in total. The molecule has 1 unspecified atom stereocenters. The fourth-order valence-electron chi connectivity index (χ4n) is 3.50. The van der Waals surface area contributed by atoms with Crippen LogP contribution in [0.25, 0.3) is 0 Å². The maximum Gasteiger partial charge on any atom is 0.257 e. The second-order valence-electron chi connectivity index (χ2n) is 8.70. The van der Waals surface area contributed by atoms with Gasteiger partial charge in [0.2, 0.25) is 0 Å². The number of thiocarbonyl (C=S) groups is 1. The summed E-state index contributed by atoms with van der Waals surface area (Å²) in [7, 11) is 0. The Morgan fingerprint density at radius 3 is 2.30 bits per heavy atom. The van der Waals surface area contributed by atoms with Crippen molar-refractivity contribution in [1.82, 2.24) is 10.6 Å². The largest absolute Gasteiger partial charge is 0.491 e. The van der Waals surface area contributed by atoms with Crippen LogP contribution in [0, 0.1) is 11.3 Å². The summed E-state index contributed by atoms with van der Waals surface area (Å²) in [5.74, 6) is 1.35. The van der Waals surface area contributed by atoms with Crippen LogP contribution in [0.5, 0.6) is 5.75 Å². The van der Waals surface area contributed by atoms with Crippen LogP contribution in [0.4, 0.5) is 0 Å². The van der Waals surface area contributed by atoms with Crippen molar-refractivity contribution in [3.63, 3.8) is 0 Å². The third-order valence-electron chi connectivity index (χ3n) is 5.54. The van der Waals surface area contributed by atoms with Crippen LogP contribution in [0.15, 0.2) is 24.3 Å². The minimum Gasteiger partial charge on any atom is -0.491 e. The van der Waals surface area contributed by atoms with Gasteiger partial charge >= 0.3 is 0 Å². The van der Waals surface area contributed by atoms with Crippen molar-refractivity contribution in [2.45, 2.75) is 78.9 Å². The van der Waals surface area contributed by atoms with Crippen LogP contribution in [0.3, 0.4) is 0 Å². The number of rotatable bonds is 5. The Kier molecular flexibility index (Phi) is 7.66. The summed E-state index contributed by atoms with van der Waals surface area (Å²) in [5, 5.41) is 6.52. The lowest BCUT2D eigenvalue weighted by atomic mass is 9.71. The first kappa shape index (κ1) is 21.7. The second-order valence-corrected chi connectivity index (χ2v) is 9.11. The van der Waals surface area contributed by atoms with Crippen molar-refractivity contribution in [3.05, 3.63) is 29.8 Å². The van der Waals surface area contributed by atoms with Gasteiger partial charge in [0.25, 0.3) is 5.91 Å². The number of amides is 1. The third-order valence-corrected chi connectivity index (χ3v) is 5.76. The van der Waals surface area contributed by atoms with E-state index in [9.17, 15) is 4.79 Å². The zero-order chi connectivity index (χ0) is 20.0. The van der Waals surface area contributed by atoms with E-state index in [-0.39, 0.29) is 12.0 Å². The van der Waals surface area contributed by atoms with Crippen molar-refractivity contribution in [2.24, 2.45) is 11.3 Å². The summed E-state index contributed by atoms with van der Waals surface area (Å²) in [6.07, 6.45) is 5.71. The van der Waals surface area contributed by atoms with Gasteiger partial charge in [-0.1, -0.05) is 27.7 Å². The number of carbonyl (C=O) groups excluding carboxylic acids is 1. The van der Waals surface area contributed by atoms with Gasteiger partial charge in [0, 0.05) is 11.6 Å². The lowest BCUT2D eigenvalue weighted by molar-refractivity contribution is 0.0976. The molecule has 5 heteroatoms. The minimum absolute atomic E-state index is 0.162. The van der Waals surface area contributed by atoms with E-state index in [4.69, 9.17) is 17.0 Å². The molecule has 1 atom stereocenters. The second kappa shape index (κ2) is 9.54. The molecule has 0 aliphatic heterocycles. The molecule has 0 bridgehead atoms. The topological polar surface area (TPSA) is 50.4 Å². The molecular formula is C22H34N2O2S. The van der Waals surface area contributed by atoms with Gasteiger partial charge in [-0.3, -0.25) is 10.1 Å². The van der Waals surface area contributed by atoms with E-state index in [0.717, 1.165) is 30.9 Å². The quantitative estimate of drug-likeness (QED) is 0.689. The van der Waals surface area contributed by atoms with Gasteiger partial charge in [-0.05, 0) is 86.8 Å². The molecule has 1 fully saturated rings. The predicted molar refractivity (Wildman–Crippen MR) is 115 cm³/mol. The average Bonchev–Trinajstić information content (AvgIpc) is 2.61. The monoisotopic (exact) mass is 390 g/mol. The maximum absolute atomic E-state index is 12.4. The number of hydrogen-bond acceptors (Lipinski definition) is 3. The first-order chi connectivity index (χ1) is 12.7. The van der Waals surface area contributed by atoms with Crippen molar-refractivity contribution >= 4 is 23.2 Å². The Hall–Kier alpha value is -1.62. The minimum atomic E-state index is -0.189. The van der Waals surface area contributed by atoms with E-state index in [0.29, 0.717) is 22.1 Å². The number of carbonyl (C=O) groups is 1. The number of hydrogen-bond donors (Lipinski definition) is 2. The Morgan fingerprint density at radius 1 is 1.19 bits per heavy atom. The van der Waals surface area contributed by atoms with Crippen LogP contribution in [-0.2, 0) is 0 Å². The van der Waals surface area contributed by atoms with Crippen LogP contribution < -0.4 is 15.4 Å².